The molecule has 3 nitrogen and oxygen atoms in total. The fourth-order valence-electron chi connectivity index (χ4n) is 0.858. The van der Waals surface area contributed by atoms with Crippen LogP contribution in [0.2, 0.25) is 0 Å². The molecule has 0 saturated carbocycles. The number of terminal acetylenes is 1. The van der Waals surface area contributed by atoms with E-state index in [1.54, 1.807) is 18.2 Å². The molecule has 0 amide bonds. The van der Waals surface area contributed by atoms with Crippen molar-refractivity contribution in [1.29, 1.82) is 5.26 Å². The van der Waals surface area contributed by atoms with Gasteiger partial charge in [0.05, 0.1) is 0 Å². The molecule has 0 fully saturated rings. The molecule has 1 heterocycles. The van der Waals surface area contributed by atoms with Crippen molar-refractivity contribution >= 4 is 5.82 Å². The van der Waals surface area contributed by atoms with E-state index in [4.69, 9.17) is 11.7 Å². The van der Waals surface area contributed by atoms with Crippen LogP contribution in [0.4, 0.5) is 5.82 Å². The van der Waals surface area contributed by atoms with E-state index >= 15 is 0 Å². The second kappa shape index (κ2) is 4.79. The van der Waals surface area contributed by atoms with Crippen LogP contribution in [0.1, 0.15) is 12.1 Å². The summed E-state index contributed by atoms with van der Waals surface area (Å²) in [5, 5.41) is 11.6. The van der Waals surface area contributed by atoms with E-state index in [1.807, 2.05) is 6.07 Å². The first-order valence-electron chi connectivity index (χ1n) is 3.91. The Labute approximate surface area is 77.4 Å². The lowest BCUT2D eigenvalue weighted by molar-refractivity contribution is 1.07. The number of hydrogen-bond acceptors (Lipinski definition) is 3. The van der Waals surface area contributed by atoms with Crippen molar-refractivity contribution in [1.82, 2.24) is 4.98 Å². The van der Waals surface area contributed by atoms with Crippen molar-refractivity contribution in [2.75, 3.05) is 11.9 Å². The van der Waals surface area contributed by atoms with Crippen molar-refractivity contribution in [2.45, 2.75) is 6.42 Å². The van der Waals surface area contributed by atoms with Gasteiger partial charge in [-0.25, -0.2) is 4.98 Å². The number of hydrogen-bond donors (Lipinski definition) is 1. The molecule has 1 rings (SSSR count). The molecule has 0 aliphatic carbocycles. The minimum Gasteiger partial charge on any atom is -0.369 e. The second-order valence-corrected chi connectivity index (χ2v) is 2.40. The van der Waals surface area contributed by atoms with E-state index in [1.165, 1.54) is 0 Å². The zero-order valence-electron chi connectivity index (χ0n) is 7.12. The summed E-state index contributed by atoms with van der Waals surface area (Å²) in [6, 6.07) is 7.21. The zero-order valence-corrected chi connectivity index (χ0v) is 7.12. The molecular weight excluding hydrogens is 162 g/mol. The van der Waals surface area contributed by atoms with Gasteiger partial charge in [0.2, 0.25) is 0 Å². The maximum atomic E-state index is 8.56. The second-order valence-electron chi connectivity index (χ2n) is 2.40. The maximum Gasteiger partial charge on any atom is 0.142 e. The van der Waals surface area contributed by atoms with Crippen LogP contribution < -0.4 is 5.32 Å². The Bertz CT molecular complexity index is 357. The first-order valence-corrected chi connectivity index (χ1v) is 3.91. The van der Waals surface area contributed by atoms with E-state index in [-0.39, 0.29) is 0 Å². The van der Waals surface area contributed by atoms with E-state index in [2.05, 4.69) is 16.2 Å². The highest BCUT2D eigenvalue weighted by atomic mass is 15.0. The Morgan fingerprint density at radius 3 is 3.08 bits per heavy atom. The van der Waals surface area contributed by atoms with Gasteiger partial charge in [0.1, 0.15) is 17.6 Å². The molecule has 0 aliphatic rings. The molecule has 0 unspecified atom stereocenters. The van der Waals surface area contributed by atoms with E-state index in [0.717, 1.165) is 0 Å². The van der Waals surface area contributed by atoms with Gasteiger partial charge in [-0.3, -0.25) is 0 Å². The van der Waals surface area contributed by atoms with Gasteiger partial charge in [-0.2, -0.15) is 5.26 Å². The van der Waals surface area contributed by atoms with Gasteiger partial charge in [0, 0.05) is 13.0 Å². The van der Waals surface area contributed by atoms with Gasteiger partial charge in [-0.15, -0.1) is 12.3 Å². The molecule has 64 valence electrons. The van der Waals surface area contributed by atoms with Gasteiger partial charge in [-0.1, -0.05) is 6.07 Å². The smallest absolute Gasteiger partial charge is 0.142 e. The molecule has 0 atom stereocenters. The van der Waals surface area contributed by atoms with E-state index < -0.39 is 0 Å². The minimum absolute atomic E-state index is 0.408. The fourth-order valence-corrected chi connectivity index (χ4v) is 0.858. The molecule has 1 N–H and O–H groups in total. The third kappa shape index (κ3) is 2.84. The molecule has 0 radical (unpaired) electrons. The summed E-state index contributed by atoms with van der Waals surface area (Å²) < 4.78 is 0. The Hall–Kier alpha value is -2.00. The molecule has 0 aromatic carbocycles. The number of pyridine rings is 1. The maximum absolute atomic E-state index is 8.56. The van der Waals surface area contributed by atoms with Crippen LogP contribution in [-0.2, 0) is 0 Å². The lowest BCUT2D eigenvalue weighted by atomic mass is 10.3. The van der Waals surface area contributed by atoms with Crippen LogP contribution >= 0.6 is 0 Å². The van der Waals surface area contributed by atoms with Crippen LogP contribution in [0.5, 0.6) is 0 Å². The van der Waals surface area contributed by atoms with E-state index in [0.29, 0.717) is 24.5 Å². The van der Waals surface area contributed by atoms with Crippen LogP contribution in [0.25, 0.3) is 0 Å². The molecule has 0 bridgehead atoms. The largest absolute Gasteiger partial charge is 0.369 e. The third-order valence-electron chi connectivity index (χ3n) is 1.44. The lowest BCUT2D eigenvalue weighted by Gasteiger charge is -2.01. The van der Waals surface area contributed by atoms with Gasteiger partial charge < -0.3 is 5.32 Å². The number of rotatable bonds is 3. The van der Waals surface area contributed by atoms with E-state index in [9.17, 15) is 0 Å². The summed E-state index contributed by atoms with van der Waals surface area (Å²) in [6.45, 7) is 0.679. The third-order valence-corrected chi connectivity index (χ3v) is 1.44. The lowest BCUT2D eigenvalue weighted by Crippen LogP contribution is -2.02. The molecule has 13 heavy (non-hydrogen) atoms. The Kier molecular flexibility index (Phi) is 3.35. The summed E-state index contributed by atoms with van der Waals surface area (Å²) in [6.07, 6.45) is 5.74. The number of nitrogens with zero attached hydrogens (tertiary/aromatic N) is 2. The Balaban J connectivity index is 2.59. The number of nitrogens with one attached hydrogen (secondary N) is 1. The van der Waals surface area contributed by atoms with Crippen molar-refractivity contribution in [2.24, 2.45) is 0 Å². The molecule has 3 heteroatoms. The normalized spacial score (nSPS) is 8.46. The number of aromatic nitrogens is 1. The predicted octanol–water partition coefficient (Wildman–Crippen LogP) is 1.39. The minimum atomic E-state index is 0.408. The van der Waals surface area contributed by atoms with Crippen molar-refractivity contribution < 1.29 is 0 Å². The van der Waals surface area contributed by atoms with Crippen molar-refractivity contribution in [3.63, 3.8) is 0 Å². The molecule has 1 aromatic heterocycles. The van der Waals surface area contributed by atoms with Crippen LogP contribution in [0.3, 0.4) is 0 Å². The monoisotopic (exact) mass is 171 g/mol. The van der Waals surface area contributed by atoms with Crippen molar-refractivity contribution in [3.8, 4) is 18.4 Å². The van der Waals surface area contributed by atoms with Crippen molar-refractivity contribution in [3.05, 3.63) is 23.9 Å². The first kappa shape index (κ1) is 9.09. The highest BCUT2D eigenvalue weighted by Crippen LogP contribution is 2.03. The highest BCUT2D eigenvalue weighted by Gasteiger charge is 1.94. The Morgan fingerprint density at radius 2 is 2.38 bits per heavy atom. The van der Waals surface area contributed by atoms with Crippen LogP contribution in [0, 0.1) is 23.7 Å². The quantitative estimate of drug-likeness (QED) is 0.552. The highest BCUT2D eigenvalue weighted by molar-refractivity contribution is 5.38. The molecular formula is C10H9N3. The predicted molar refractivity (Wildman–Crippen MR) is 50.9 cm³/mol. The fraction of sp³-hybridized carbons (Fsp3) is 0.200. The summed E-state index contributed by atoms with van der Waals surface area (Å²) in [5.74, 6) is 3.20. The summed E-state index contributed by atoms with van der Waals surface area (Å²) in [5.41, 5.74) is 0.408. The summed E-state index contributed by atoms with van der Waals surface area (Å²) >= 11 is 0. The first-order chi connectivity index (χ1) is 6.36. The topological polar surface area (TPSA) is 48.7 Å². The summed E-state index contributed by atoms with van der Waals surface area (Å²) in [4.78, 5) is 4.02. The average Bonchev–Trinajstić information content (AvgIpc) is 2.19. The zero-order chi connectivity index (χ0) is 9.52. The van der Waals surface area contributed by atoms with Gasteiger partial charge in [0.25, 0.3) is 0 Å². The molecule has 0 aliphatic heterocycles. The number of nitriles is 1. The van der Waals surface area contributed by atoms with Gasteiger partial charge >= 0.3 is 0 Å². The van der Waals surface area contributed by atoms with Gasteiger partial charge in [-0.05, 0) is 12.1 Å². The molecule has 0 saturated heterocycles. The van der Waals surface area contributed by atoms with Crippen LogP contribution in [0.15, 0.2) is 18.2 Å². The number of anilines is 1. The van der Waals surface area contributed by atoms with Crippen LogP contribution in [-0.4, -0.2) is 11.5 Å². The SMILES string of the molecule is C#CCCNc1cccc(C#N)n1. The standard InChI is InChI=1S/C10H9N3/c1-2-3-7-12-10-6-4-5-9(8-11)13-10/h1,4-6H,3,7H2,(H,12,13). The van der Waals surface area contributed by atoms with Gasteiger partial charge in [0.15, 0.2) is 0 Å². The molecule has 1 aromatic rings. The average molecular weight is 171 g/mol. The molecule has 0 spiro atoms. The Morgan fingerprint density at radius 1 is 1.54 bits per heavy atom. The summed E-state index contributed by atoms with van der Waals surface area (Å²) in [7, 11) is 0.